The van der Waals surface area contributed by atoms with Gasteiger partial charge in [0.2, 0.25) is 0 Å². The molecule has 1 aromatic rings. The number of rotatable bonds is 3. The first-order chi connectivity index (χ1) is 6.54. The van der Waals surface area contributed by atoms with Gasteiger partial charge >= 0.3 is 5.97 Å². The minimum Gasteiger partial charge on any atom is -0.481 e. The summed E-state index contributed by atoms with van der Waals surface area (Å²) in [5, 5.41) is 18.6. The van der Waals surface area contributed by atoms with Crippen molar-refractivity contribution < 1.29 is 15.0 Å². The van der Waals surface area contributed by atoms with E-state index in [0.717, 1.165) is 0 Å². The molecule has 0 saturated heterocycles. The Morgan fingerprint density at radius 2 is 2.00 bits per heavy atom. The fourth-order valence-electron chi connectivity index (χ4n) is 1.33. The highest BCUT2D eigenvalue weighted by Crippen LogP contribution is 2.27. The third-order valence-corrected chi connectivity index (χ3v) is 2.33. The summed E-state index contributed by atoms with van der Waals surface area (Å²) in [5.41, 5.74) is 0.441. The van der Waals surface area contributed by atoms with Crippen LogP contribution in [0.25, 0.3) is 0 Å². The van der Waals surface area contributed by atoms with Gasteiger partial charge in [0.25, 0.3) is 0 Å². The second kappa shape index (κ2) is 4.44. The van der Waals surface area contributed by atoms with Crippen LogP contribution in [0.4, 0.5) is 0 Å². The molecule has 1 rings (SSSR count). The van der Waals surface area contributed by atoms with Gasteiger partial charge in [0.05, 0.1) is 6.10 Å². The maximum atomic E-state index is 10.9. The average Bonchev–Trinajstić information content (AvgIpc) is 2.07. The number of halogens is 1. The number of carboxylic acids is 1. The first-order valence-electron chi connectivity index (χ1n) is 4.19. The molecular weight excluding hydrogens is 204 g/mol. The zero-order valence-corrected chi connectivity index (χ0v) is 8.40. The summed E-state index contributed by atoms with van der Waals surface area (Å²) in [7, 11) is 0. The van der Waals surface area contributed by atoms with Crippen molar-refractivity contribution in [3.05, 3.63) is 34.9 Å². The topological polar surface area (TPSA) is 57.5 Å². The van der Waals surface area contributed by atoms with Crippen LogP contribution in [0.3, 0.4) is 0 Å². The van der Waals surface area contributed by atoms with Crippen LogP contribution in [0.2, 0.25) is 5.02 Å². The zero-order valence-electron chi connectivity index (χ0n) is 7.64. The van der Waals surface area contributed by atoms with Crippen LogP contribution in [-0.4, -0.2) is 22.3 Å². The molecule has 0 heterocycles. The van der Waals surface area contributed by atoms with Crippen LogP contribution >= 0.6 is 11.6 Å². The van der Waals surface area contributed by atoms with E-state index in [1.165, 1.54) is 6.92 Å². The van der Waals surface area contributed by atoms with Crippen LogP contribution in [0.15, 0.2) is 24.3 Å². The molecule has 4 heteroatoms. The number of hydrogen-bond acceptors (Lipinski definition) is 2. The van der Waals surface area contributed by atoms with E-state index in [1.54, 1.807) is 24.3 Å². The van der Waals surface area contributed by atoms with E-state index in [0.29, 0.717) is 10.6 Å². The summed E-state index contributed by atoms with van der Waals surface area (Å²) in [6.07, 6.45) is -0.965. The number of hydrogen-bond donors (Lipinski definition) is 2. The standard InChI is InChI=1S/C10H11ClO3/c1-6(12)9(10(13)14)7-4-2-3-5-8(7)11/h2-6,9,12H,1H3,(H,13,14)/t6-,9+/m1/s1. The molecule has 0 bridgehead atoms. The van der Waals surface area contributed by atoms with Crippen LogP contribution in [0.5, 0.6) is 0 Å². The van der Waals surface area contributed by atoms with E-state index in [9.17, 15) is 9.90 Å². The summed E-state index contributed by atoms with van der Waals surface area (Å²) in [6.45, 7) is 1.43. The van der Waals surface area contributed by atoms with Crippen LogP contribution in [0, 0.1) is 0 Å². The van der Waals surface area contributed by atoms with Crippen LogP contribution in [0.1, 0.15) is 18.4 Å². The summed E-state index contributed by atoms with van der Waals surface area (Å²) in [4.78, 5) is 10.9. The van der Waals surface area contributed by atoms with Crippen molar-refractivity contribution >= 4 is 17.6 Å². The van der Waals surface area contributed by atoms with E-state index < -0.39 is 18.0 Å². The van der Waals surface area contributed by atoms with E-state index in [1.807, 2.05) is 0 Å². The van der Waals surface area contributed by atoms with Crippen LogP contribution < -0.4 is 0 Å². The van der Waals surface area contributed by atoms with Gasteiger partial charge in [0.15, 0.2) is 0 Å². The van der Waals surface area contributed by atoms with E-state index in [4.69, 9.17) is 16.7 Å². The normalized spacial score (nSPS) is 14.8. The Hall–Kier alpha value is -1.06. The molecule has 0 saturated carbocycles. The molecule has 2 N–H and O–H groups in total. The predicted molar refractivity (Wildman–Crippen MR) is 53.5 cm³/mol. The smallest absolute Gasteiger partial charge is 0.313 e. The van der Waals surface area contributed by atoms with Crippen molar-refractivity contribution in [2.75, 3.05) is 0 Å². The maximum absolute atomic E-state index is 10.9. The van der Waals surface area contributed by atoms with Crippen LogP contribution in [-0.2, 0) is 4.79 Å². The molecule has 2 atom stereocenters. The summed E-state index contributed by atoms with van der Waals surface area (Å²) in [6, 6.07) is 6.62. The van der Waals surface area contributed by atoms with Gasteiger partial charge in [-0.25, -0.2) is 0 Å². The Balaban J connectivity index is 3.12. The maximum Gasteiger partial charge on any atom is 0.313 e. The second-order valence-electron chi connectivity index (χ2n) is 3.08. The Bertz CT molecular complexity index is 336. The SMILES string of the molecule is C[C@@H](O)[C@H](C(=O)O)c1ccccc1Cl. The third kappa shape index (κ3) is 2.25. The first kappa shape index (κ1) is 11.0. The molecular formula is C10H11ClO3. The lowest BCUT2D eigenvalue weighted by molar-refractivity contribution is -0.141. The van der Waals surface area contributed by atoms with Crippen molar-refractivity contribution in [2.24, 2.45) is 0 Å². The Kier molecular flexibility index (Phi) is 3.49. The van der Waals surface area contributed by atoms with Crippen molar-refractivity contribution in [3.8, 4) is 0 Å². The average molecular weight is 215 g/mol. The third-order valence-electron chi connectivity index (χ3n) is 1.99. The summed E-state index contributed by atoms with van der Waals surface area (Å²) in [5.74, 6) is -2.04. The van der Waals surface area contributed by atoms with Gasteiger partial charge in [-0.1, -0.05) is 29.8 Å². The molecule has 0 aliphatic carbocycles. The number of aliphatic hydroxyl groups is 1. The lowest BCUT2D eigenvalue weighted by atomic mass is 9.94. The van der Waals surface area contributed by atoms with Gasteiger partial charge in [-0.3, -0.25) is 4.79 Å². The van der Waals surface area contributed by atoms with Gasteiger partial charge in [-0.05, 0) is 18.6 Å². The van der Waals surface area contributed by atoms with E-state index in [2.05, 4.69) is 0 Å². The van der Waals surface area contributed by atoms with Gasteiger partial charge < -0.3 is 10.2 Å². The summed E-state index contributed by atoms with van der Waals surface area (Å²) < 4.78 is 0. The molecule has 14 heavy (non-hydrogen) atoms. The Morgan fingerprint density at radius 1 is 1.43 bits per heavy atom. The molecule has 0 unspecified atom stereocenters. The molecule has 0 aromatic heterocycles. The fraction of sp³-hybridized carbons (Fsp3) is 0.300. The van der Waals surface area contributed by atoms with Crippen molar-refractivity contribution in [3.63, 3.8) is 0 Å². The molecule has 0 radical (unpaired) electrons. The molecule has 0 amide bonds. The van der Waals surface area contributed by atoms with E-state index >= 15 is 0 Å². The van der Waals surface area contributed by atoms with Gasteiger partial charge in [0, 0.05) is 5.02 Å². The Morgan fingerprint density at radius 3 is 2.43 bits per heavy atom. The Labute approximate surface area is 86.9 Å². The minimum absolute atomic E-state index is 0.362. The molecule has 0 fully saturated rings. The quantitative estimate of drug-likeness (QED) is 0.808. The van der Waals surface area contributed by atoms with Gasteiger partial charge in [-0.2, -0.15) is 0 Å². The predicted octanol–water partition coefficient (Wildman–Crippen LogP) is 1.89. The molecule has 0 aliphatic heterocycles. The van der Waals surface area contributed by atoms with Crippen molar-refractivity contribution in [2.45, 2.75) is 18.9 Å². The number of carbonyl (C=O) groups is 1. The van der Waals surface area contributed by atoms with Crippen molar-refractivity contribution in [1.82, 2.24) is 0 Å². The highest BCUT2D eigenvalue weighted by Gasteiger charge is 2.26. The lowest BCUT2D eigenvalue weighted by Crippen LogP contribution is -2.23. The minimum atomic E-state index is -1.08. The number of carboxylic acid groups (broad SMARTS) is 1. The highest BCUT2D eigenvalue weighted by molar-refractivity contribution is 6.31. The highest BCUT2D eigenvalue weighted by atomic mass is 35.5. The molecule has 1 aromatic carbocycles. The zero-order chi connectivity index (χ0) is 10.7. The number of benzene rings is 1. The van der Waals surface area contributed by atoms with E-state index in [-0.39, 0.29) is 0 Å². The number of aliphatic hydroxyl groups excluding tert-OH is 1. The first-order valence-corrected chi connectivity index (χ1v) is 4.57. The molecule has 76 valence electrons. The largest absolute Gasteiger partial charge is 0.481 e. The molecule has 3 nitrogen and oxygen atoms in total. The number of aliphatic carboxylic acids is 1. The monoisotopic (exact) mass is 214 g/mol. The lowest BCUT2D eigenvalue weighted by Gasteiger charge is -2.16. The fourth-order valence-corrected chi connectivity index (χ4v) is 1.58. The molecule has 0 aliphatic rings. The summed E-state index contributed by atoms with van der Waals surface area (Å²) >= 11 is 5.83. The second-order valence-corrected chi connectivity index (χ2v) is 3.49. The van der Waals surface area contributed by atoms with Gasteiger partial charge in [-0.15, -0.1) is 0 Å². The van der Waals surface area contributed by atoms with Crippen molar-refractivity contribution in [1.29, 1.82) is 0 Å². The molecule has 0 spiro atoms. The van der Waals surface area contributed by atoms with Gasteiger partial charge in [0.1, 0.15) is 5.92 Å².